The minimum Gasteiger partial charge on any atom is -0.389 e. The summed E-state index contributed by atoms with van der Waals surface area (Å²) in [4.78, 5) is 16.5. The minimum atomic E-state index is -3.93. The van der Waals surface area contributed by atoms with Crippen LogP contribution in [0.4, 0.5) is 4.79 Å². The van der Waals surface area contributed by atoms with Gasteiger partial charge in [0.15, 0.2) is 0 Å². The number of aliphatic hydroxyl groups is 2. The van der Waals surface area contributed by atoms with Gasteiger partial charge in [0.2, 0.25) is 20.0 Å². The number of nitrogens with zero attached hydrogens (tertiary/aromatic N) is 2. The Balaban J connectivity index is 1.45. The van der Waals surface area contributed by atoms with E-state index in [-0.39, 0.29) is 38.2 Å². The largest absolute Gasteiger partial charge is 0.389 e. The molecule has 0 saturated heterocycles. The number of benzene rings is 2. The molecule has 4 atom stereocenters. The van der Waals surface area contributed by atoms with Gasteiger partial charge in [-0.3, -0.25) is 4.90 Å². The normalized spacial score (nSPS) is 18.0. The minimum absolute atomic E-state index is 0.0621. The number of urea groups is 1. The second-order valence-corrected chi connectivity index (χ2v) is 18.1. The molecule has 0 radical (unpaired) electrons. The number of amides is 2. The molecule has 0 spiro atoms. The molecule has 1 fully saturated rings. The van der Waals surface area contributed by atoms with Crippen LogP contribution in [-0.4, -0.2) is 98.6 Å². The number of unbranched alkanes of at least 4 members (excludes halogenated alkanes) is 1. The summed E-state index contributed by atoms with van der Waals surface area (Å²) < 4.78 is 61.8. The maximum absolute atomic E-state index is 13.3. The van der Waals surface area contributed by atoms with Crippen LogP contribution in [0, 0.1) is 5.92 Å². The zero-order valence-corrected chi connectivity index (χ0v) is 32.7. The molecule has 296 valence electrons. The predicted octanol–water partition coefficient (Wildman–Crippen LogP) is 4.01. The molecule has 2 aromatic rings. The van der Waals surface area contributed by atoms with Crippen LogP contribution in [0.2, 0.25) is 0 Å². The summed E-state index contributed by atoms with van der Waals surface area (Å²) >= 11 is 0. The number of hydrogen-bond acceptors (Lipinski definition) is 10. The molecule has 2 aliphatic rings. The quantitative estimate of drug-likeness (QED) is 0.110. The van der Waals surface area contributed by atoms with Crippen molar-refractivity contribution in [2.24, 2.45) is 5.92 Å². The Morgan fingerprint density at radius 2 is 1.60 bits per heavy atom. The van der Waals surface area contributed by atoms with E-state index in [9.17, 15) is 31.8 Å². The number of aryl methyl sites for hydroxylation is 1. The van der Waals surface area contributed by atoms with Gasteiger partial charge in [-0.15, -0.1) is 0 Å². The number of hydrogen-bond donors (Lipinski definition) is 5. The molecule has 1 aliphatic heterocycles. The molecule has 0 bridgehead atoms. The van der Waals surface area contributed by atoms with Gasteiger partial charge in [0, 0.05) is 36.9 Å². The Morgan fingerprint density at radius 3 is 2.26 bits per heavy atom. The fraction of sp³-hybridized carbons (Fsp3) is 0.605. The van der Waals surface area contributed by atoms with Crippen molar-refractivity contribution >= 4 is 26.1 Å². The fourth-order valence-corrected chi connectivity index (χ4v) is 9.08. The van der Waals surface area contributed by atoms with E-state index in [1.807, 2.05) is 79.4 Å². The molecular weight excluding hydrogens is 719 g/mol. The van der Waals surface area contributed by atoms with Crippen molar-refractivity contribution in [3.05, 3.63) is 83.7 Å². The third kappa shape index (κ3) is 15.0. The molecule has 1 heterocycles. The zero-order chi connectivity index (χ0) is 38.3. The van der Waals surface area contributed by atoms with Crippen molar-refractivity contribution in [3.63, 3.8) is 0 Å². The van der Waals surface area contributed by atoms with E-state index in [1.165, 1.54) is 4.90 Å². The summed E-state index contributed by atoms with van der Waals surface area (Å²) in [6, 6.07) is 17.2. The number of carbonyl (C=O) groups excluding carboxylic acids is 1. The lowest BCUT2D eigenvalue weighted by molar-refractivity contribution is -0.00177. The Kier molecular flexibility index (Phi) is 17.0. The highest BCUT2D eigenvalue weighted by Crippen LogP contribution is 2.29. The lowest BCUT2D eigenvalue weighted by Gasteiger charge is -2.34. The number of rotatable bonds is 22. The highest BCUT2D eigenvalue weighted by molar-refractivity contribution is 7.90. The van der Waals surface area contributed by atoms with E-state index < -0.39 is 50.1 Å². The summed E-state index contributed by atoms with van der Waals surface area (Å²) in [6.45, 7) is 4.69. The predicted molar refractivity (Wildman–Crippen MR) is 206 cm³/mol. The van der Waals surface area contributed by atoms with Crippen LogP contribution in [0.1, 0.15) is 82.8 Å². The highest BCUT2D eigenvalue weighted by atomic mass is 32.2. The maximum atomic E-state index is 13.3. The molecule has 1 aliphatic carbocycles. The lowest BCUT2D eigenvalue weighted by atomic mass is 9.83. The van der Waals surface area contributed by atoms with Crippen molar-refractivity contribution in [3.8, 4) is 0 Å². The molecular formula is C38H59N5O8S2. The van der Waals surface area contributed by atoms with Crippen LogP contribution in [0.5, 0.6) is 0 Å². The molecule has 1 unspecified atom stereocenters. The van der Waals surface area contributed by atoms with Crippen molar-refractivity contribution < 1.29 is 36.6 Å². The third-order valence-corrected chi connectivity index (χ3v) is 12.4. The standard InChI is InChI=1S/C38H59N5O8S2/c1-3-4-21-39-53(49,50)27-36(44)37(45)35(24-32-16-10-6-11-17-32)40-30(2)23-34-25-42(28-43(34)29-51-26-33-18-12-7-13-19-33)38(46)41-52(47,48)22-20-31-14-8-5-9-15-31/h5,7-9,12-15,18-19,25,30,32,35-37,39-40,44-45H,3-4,6,10-11,16-17,20-24,26-29H2,1-2H3,(H,41,46)/t30?,35-,36-,37+/m1/s1. The van der Waals surface area contributed by atoms with E-state index in [0.29, 0.717) is 37.5 Å². The number of sulfonamides is 2. The molecule has 1 saturated carbocycles. The van der Waals surface area contributed by atoms with Crippen molar-refractivity contribution in [1.29, 1.82) is 0 Å². The fourth-order valence-electron chi connectivity index (χ4n) is 6.87. The van der Waals surface area contributed by atoms with Gasteiger partial charge in [0.25, 0.3) is 0 Å². The number of carbonyl (C=O) groups is 1. The zero-order valence-electron chi connectivity index (χ0n) is 31.1. The molecule has 13 nitrogen and oxygen atoms in total. The van der Waals surface area contributed by atoms with E-state index >= 15 is 0 Å². The lowest BCUT2D eigenvalue weighted by Crippen LogP contribution is -2.52. The van der Waals surface area contributed by atoms with Crippen molar-refractivity contribution in [1.82, 2.24) is 24.6 Å². The number of nitrogens with one attached hydrogen (secondary N) is 3. The monoisotopic (exact) mass is 777 g/mol. The average molecular weight is 778 g/mol. The first kappa shape index (κ1) is 42.7. The van der Waals surface area contributed by atoms with Gasteiger partial charge < -0.3 is 25.2 Å². The van der Waals surface area contributed by atoms with Crippen molar-refractivity contribution in [2.75, 3.05) is 31.4 Å². The summed E-state index contributed by atoms with van der Waals surface area (Å²) in [7, 11) is -7.72. The van der Waals surface area contributed by atoms with Gasteiger partial charge in [-0.05, 0) is 43.2 Å². The Labute approximate surface area is 316 Å². The van der Waals surface area contributed by atoms with E-state index in [2.05, 4.69) is 14.8 Å². The van der Waals surface area contributed by atoms with Gasteiger partial charge in [0.05, 0.1) is 30.3 Å². The van der Waals surface area contributed by atoms with Gasteiger partial charge in [-0.1, -0.05) is 106 Å². The average Bonchev–Trinajstić information content (AvgIpc) is 3.53. The van der Waals surface area contributed by atoms with Crippen LogP contribution >= 0.6 is 0 Å². The van der Waals surface area contributed by atoms with E-state index in [4.69, 9.17) is 4.74 Å². The molecule has 15 heteroatoms. The Morgan fingerprint density at radius 1 is 0.943 bits per heavy atom. The van der Waals surface area contributed by atoms with Gasteiger partial charge in [-0.25, -0.2) is 31.1 Å². The maximum Gasteiger partial charge on any atom is 0.336 e. The van der Waals surface area contributed by atoms with Crippen LogP contribution in [0.25, 0.3) is 0 Å². The van der Waals surface area contributed by atoms with Crippen LogP contribution < -0.4 is 14.8 Å². The highest BCUT2D eigenvalue weighted by Gasteiger charge is 2.34. The Hall–Kier alpha value is -3.05. The van der Waals surface area contributed by atoms with Gasteiger partial charge in [-0.2, -0.15) is 0 Å². The smallest absolute Gasteiger partial charge is 0.336 e. The summed E-state index contributed by atoms with van der Waals surface area (Å²) in [5, 5.41) is 25.9. The Bertz CT molecular complexity index is 1640. The molecule has 2 aromatic carbocycles. The topological polar surface area (TPSA) is 178 Å². The summed E-state index contributed by atoms with van der Waals surface area (Å²) in [6.07, 6.45) is 6.82. The molecule has 2 amide bonds. The third-order valence-electron chi connectivity index (χ3n) is 9.77. The first-order valence-corrected chi connectivity index (χ1v) is 22.2. The molecule has 0 aromatic heterocycles. The van der Waals surface area contributed by atoms with E-state index in [1.54, 1.807) is 6.20 Å². The summed E-state index contributed by atoms with van der Waals surface area (Å²) in [5.74, 6) is -0.526. The van der Waals surface area contributed by atoms with Gasteiger partial charge >= 0.3 is 6.03 Å². The van der Waals surface area contributed by atoms with Crippen LogP contribution in [0.3, 0.4) is 0 Å². The first-order valence-electron chi connectivity index (χ1n) is 18.9. The van der Waals surface area contributed by atoms with Crippen LogP contribution in [0.15, 0.2) is 72.6 Å². The molecule has 53 heavy (non-hydrogen) atoms. The van der Waals surface area contributed by atoms with Crippen molar-refractivity contribution in [2.45, 2.75) is 109 Å². The first-order chi connectivity index (χ1) is 25.3. The van der Waals surface area contributed by atoms with E-state index in [0.717, 1.165) is 49.7 Å². The second-order valence-electron chi connectivity index (χ2n) is 14.4. The molecule has 4 rings (SSSR count). The number of ether oxygens (including phenoxy) is 1. The molecule has 5 N–H and O–H groups in total. The van der Waals surface area contributed by atoms with Crippen LogP contribution in [-0.2, 0) is 37.8 Å². The summed E-state index contributed by atoms with van der Waals surface area (Å²) in [5.41, 5.74) is 2.54. The number of aliphatic hydroxyl groups excluding tert-OH is 2. The van der Waals surface area contributed by atoms with Gasteiger partial charge in [0.1, 0.15) is 13.4 Å². The SMILES string of the molecule is CCCCNS(=O)(=O)C[C@@H](O)[C@@H](O)[C@@H](CC1CCCCC1)NC(C)CC1=CN(C(=O)NS(=O)(=O)CCc2ccccc2)CN1COCc1ccccc1. The second kappa shape index (κ2) is 21.1.